The molecule has 0 aliphatic carbocycles. The molecular formula is C29H30N4O3S. The lowest BCUT2D eigenvalue weighted by atomic mass is 9.77. The second-order valence-electron chi connectivity index (χ2n) is 9.41. The number of aromatic nitrogens is 1. The molecule has 190 valence electrons. The highest BCUT2D eigenvalue weighted by atomic mass is 32.2. The number of nitrogens with one attached hydrogen (secondary N) is 2. The van der Waals surface area contributed by atoms with Crippen molar-refractivity contribution < 1.29 is 13.2 Å². The fourth-order valence-electron chi connectivity index (χ4n) is 4.97. The van der Waals surface area contributed by atoms with Crippen LogP contribution in [0.2, 0.25) is 0 Å². The van der Waals surface area contributed by atoms with Crippen LogP contribution < -0.4 is 10.5 Å². The molecule has 0 saturated carbocycles. The lowest BCUT2D eigenvalue weighted by molar-refractivity contribution is -0.123. The Bertz CT molecular complexity index is 1520. The van der Waals surface area contributed by atoms with Crippen LogP contribution in [-0.4, -0.2) is 31.6 Å². The minimum absolute atomic E-state index is 0.0719. The minimum atomic E-state index is -3.62. The molecule has 0 bridgehead atoms. The van der Waals surface area contributed by atoms with Crippen LogP contribution in [0, 0.1) is 5.92 Å². The molecule has 1 atom stereocenters. The minimum Gasteiger partial charge on any atom is -0.387 e. The Morgan fingerprint density at radius 2 is 1.62 bits per heavy atom. The summed E-state index contributed by atoms with van der Waals surface area (Å²) in [6, 6.07) is 26.3. The Balaban J connectivity index is 1.46. The van der Waals surface area contributed by atoms with Crippen molar-refractivity contribution in [2.24, 2.45) is 16.6 Å². The van der Waals surface area contributed by atoms with Gasteiger partial charge in [0.2, 0.25) is 0 Å². The summed E-state index contributed by atoms with van der Waals surface area (Å²) in [5.74, 6) is -0.378. The summed E-state index contributed by atoms with van der Waals surface area (Å²) in [6.45, 7) is 2.40. The monoisotopic (exact) mass is 514 g/mol. The Hall–Kier alpha value is -3.75. The van der Waals surface area contributed by atoms with E-state index in [1.807, 2.05) is 85.8 Å². The Morgan fingerprint density at radius 1 is 0.973 bits per heavy atom. The molecule has 4 N–H and O–H groups in total. The van der Waals surface area contributed by atoms with Gasteiger partial charge in [-0.2, -0.15) is 0 Å². The molecule has 0 saturated heterocycles. The van der Waals surface area contributed by atoms with Gasteiger partial charge in [0, 0.05) is 17.4 Å². The zero-order valence-electron chi connectivity index (χ0n) is 20.6. The summed E-state index contributed by atoms with van der Waals surface area (Å²) in [6.07, 6.45) is 2.04. The average Bonchev–Trinajstić information content (AvgIpc) is 3.45. The quantitative estimate of drug-likeness (QED) is 0.289. The second kappa shape index (κ2) is 9.95. The highest BCUT2D eigenvalue weighted by molar-refractivity contribution is 7.89. The number of unbranched alkanes of at least 4 members (excludes halogenated alkanes) is 1. The number of rotatable bonds is 9. The molecule has 1 aliphatic rings. The van der Waals surface area contributed by atoms with E-state index in [4.69, 9.17) is 10.7 Å². The van der Waals surface area contributed by atoms with Crippen LogP contribution in [0.3, 0.4) is 0 Å². The molecule has 8 heteroatoms. The van der Waals surface area contributed by atoms with E-state index in [0.717, 1.165) is 34.9 Å². The Labute approximate surface area is 216 Å². The van der Waals surface area contributed by atoms with E-state index >= 15 is 0 Å². The first-order valence-electron chi connectivity index (χ1n) is 12.5. The van der Waals surface area contributed by atoms with Gasteiger partial charge < -0.3 is 10.7 Å². The van der Waals surface area contributed by atoms with E-state index in [1.165, 1.54) is 0 Å². The normalized spacial score (nSPS) is 17.3. The molecule has 0 radical (unpaired) electrons. The molecule has 3 aromatic carbocycles. The highest BCUT2D eigenvalue weighted by Crippen LogP contribution is 2.42. The summed E-state index contributed by atoms with van der Waals surface area (Å²) in [4.78, 5) is 21.9. The molecular weight excluding hydrogens is 484 g/mol. The van der Waals surface area contributed by atoms with E-state index in [0.29, 0.717) is 24.3 Å². The molecule has 4 aromatic rings. The zero-order chi connectivity index (χ0) is 26.0. The first-order valence-corrected chi connectivity index (χ1v) is 14.0. The number of Topliss-reactive ketones (excluding diaryl/α,β-unsaturated/α-hetero) is 1. The zero-order valence-corrected chi connectivity index (χ0v) is 21.5. The predicted octanol–water partition coefficient (Wildman–Crippen LogP) is 4.29. The standard InChI is InChI=1S/C29H30N4O3S/c1-2-3-16-31-37(35,36)26-19-21-15-14-20(18-25(21)32-26)17-24-27(34)29(33-28(24)30,22-10-6-4-7-11-22)23-12-8-5-9-13-23/h4-15,18-19,24,31-32H,2-3,16-17H2,1H3,(H2,30,33). The first-order chi connectivity index (χ1) is 17.8. The number of nitrogens with zero attached hydrogens (tertiary/aromatic N) is 1. The molecule has 0 amide bonds. The van der Waals surface area contributed by atoms with Crippen molar-refractivity contribution >= 4 is 32.5 Å². The van der Waals surface area contributed by atoms with Crippen LogP contribution in [0.1, 0.15) is 36.5 Å². The van der Waals surface area contributed by atoms with Crippen LogP contribution >= 0.6 is 0 Å². The van der Waals surface area contributed by atoms with E-state index in [2.05, 4.69) is 9.71 Å². The van der Waals surface area contributed by atoms with Gasteiger partial charge >= 0.3 is 0 Å². The van der Waals surface area contributed by atoms with Crippen molar-refractivity contribution in [2.45, 2.75) is 36.8 Å². The third-order valence-electron chi connectivity index (χ3n) is 6.92. The number of H-pyrrole nitrogens is 1. The largest absolute Gasteiger partial charge is 0.387 e. The van der Waals surface area contributed by atoms with Crippen molar-refractivity contribution in [3.8, 4) is 0 Å². The summed E-state index contributed by atoms with van der Waals surface area (Å²) in [5.41, 5.74) is 8.35. The van der Waals surface area contributed by atoms with E-state index in [9.17, 15) is 13.2 Å². The second-order valence-corrected chi connectivity index (χ2v) is 11.1. The number of aromatic amines is 1. The number of ketones is 1. The van der Waals surface area contributed by atoms with Gasteiger partial charge in [0.25, 0.3) is 10.0 Å². The molecule has 1 aromatic heterocycles. The average molecular weight is 515 g/mol. The van der Waals surface area contributed by atoms with Crippen LogP contribution in [0.15, 0.2) is 94.9 Å². The van der Waals surface area contributed by atoms with Crippen LogP contribution in [0.4, 0.5) is 0 Å². The van der Waals surface area contributed by atoms with Crippen molar-refractivity contribution in [1.82, 2.24) is 9.71 Å². The van der Waals surface area contributed by atoms with Crippen LogP contribution in [0.25, 0.3) is 10.9 Å². The third kappa shape index (κ3) is 4.58. The maximum absolute atomic E-state index is 14.1. The summed E-state index contributed by atoms with van der Waals surface area (Å²) in [7, 11) is -3.62. The molecule has 7 nitrogen and oxygen atoms in total. The lowest BCUT2D eigenvalue weighted by Gasteiger charge is -2.26. The van der Waals surface area contributed by atoms with Gasteiger partial charge in [-0.3, -0.25) is 4.79 Å². The summed E-state index contributed by atoms with van der Waals surface area (Å²) >= 11 is 0. The third-order valence-corrected chi connectivity index (χ3v) is 8.31. The number of carbonyl (C=O) groups excluding carboxylic acids is 1. The number of hydrogen-bond acceptors (Lipinski definition) is 5. The molecule has 0 spiro atoms. The lowest BCUT2D eigenvalue weighted by Crippen LogP contribution is -2.37. The number of fused-ring (bicyclic) bond motifs is 1. The molecule has 2 heterocycles. The fraction of sp³-hybridized carbons (Fsp3) is 0.241. The number of amidine groups is 1. The molecule has 1 unspecified atom stereocenters. The van der Waals surface area contributed by atoms with Gasteiger partial charge in [-0.1, -0.05) is 86.1 Å². The number of aliphatic imine (C=N–C) groups is 1. The Kier molecular flexibility index (Phi) is 6.70. The van der Waals surface area contributed by atoms with Gasteiger partial charge in [-0.15, -0.1) is 0 Å². The number of benzene rings is 3. The van der Waals surface area contributed by atoms with Crippen molar-refractivity contribution in [3.63, 3.8) is 0 Å². The number of hydrogen-bond donors (Lipinski definition) is 3. The van der Waals surface area contributed by atoms with Gasteiger partial charge in [-0.25, -0.2) is 18.1 Å². The van der Waals surface area contributed by atoms with Crippen LogP contribution in [-0.2, 0) is 26.8 Å². The van der Waals surface area contributed by atoms with Gasteiger partial charge in [0.1, 0.15) is 10.9 Å². The molecule has 1 aliphatic heterocycles. The summed E-state index contributed by atoms with van der Waals surface area (Å²) in [5, 5.41) is 0.905. The molecule has 0 fully saturated rings. The van der Waals surface area contributed by atoms with Gasteiger partial charge in [0.05, 0.1) is 5.92 Å². The molecule has 37 heavy (non-hydrogen) atoms. The number of nitrogens with two attached hydrogens (primary N) is 1. The van der Waals surface area contributed by atoms with E-state index < -0.39 is 21.5 Å². The summed E-state index contributed by atoms with van der Waals surface area (Å²) < 4.78 is 27.9. The SMILES string of the molecule is CCCCNS(=O)(=O)c1cc2ccc(CC3C(=O)C(c4ccccc4)(c4ccccc4)N=C3N)cc2[nH]1. The predicted molar refractivity (Wildman–Crippen MR) is 146 cm³/mol. The maximum atomic E-state index is 14.1. The van der Waals surface area contributed by atoms with Crippen molar-refractivity contribution in [1.29, 1.82) is 0 Å². The number of sulfonamides is 1. The smallest absolute Gasteiger partial charge is 0.256 e. The van der Waals surface area contributed by atoms with E-state index in [1.54, 1.807) is 6.07 Å². The highest BCUT2D eigenvalue weighted by Gasteiger charge is 2.51. The van der Waals surface area contributed by atoms with Gasteiger partial charge in [0.15, 0.2) is 11.3 Å². The Morgan fingerprint density at radius 3 is 2.24 bits per heavy atom. The molecule has 5 rings (SSSR count). The van der Waals surface area contributed by atoms with Crippen molar-refractivity contribution in [2.75, 3.05) is 6.54 Å². The topological polar surface area (TPSA) is 117 Å². The maximum Gasteiger partial charge on any atom is 0.256 e. The van der Waals surface area contributed by atoms with Gasteiger partial charge in [-0.05, 0) is 41.7 Å². The van der Waals surface area contributed by atoms with E-state index in [-0.39, 0.29) is 10.8 Å². The van der Waals surface area contributed by atoms with Crippen LogP contribution in [0.5, 0.6) is 0 Å². The number of carbonyl (C=O) groups is 1. The van der Waals surface area contributed by atoms with Crippen molar-refractivity contribution in [3.05, 3.63) is 102 Å². The fourth-order valence-corrected chi connectivity index (χ4v) is 6.06. The first kappa shape index (κ1) is 24.9.